The maximum atomic E-state index is 5.86. The van der Waals surface area contributed by atoms with Crippen molar-refractivity contribution in [1.82, 2.24) is 9.66 Å². The van der Waals surface area contributed by atoms with Gasteiger partial charge in [0.25, 0.3) is 0 Å². The number of fused-ring (bicyclic) bond motifs is 1. The van der Waals surface area contributed by atoms with Crippen molar-refractivity contribution >= 4 is 11.0 Å². The lowest BCUT2D eigenvalue weighted by Gasteiger charge is -2.14. The Kier molecular flexibility index (Phi) is 4.24. The highest BCUT2D eigenvalue weighted by Crippen LogP contribution is 2.28. The first kappa shape index (κ1) is 15.3. The van der Waals surface area contributed by atoms with Crippen LogP contribution in [0.5, 0.6) is 0 Å². The van der Waals surface area contributed by atoms with E-state index in [1.807, 2.05) is 0 Å². The van der Waals surface area contributed by atoms with Crippen LogP contribution in [-0.4, -0.2) is 9.66 Å². The second-order valence-electron chi connectivity index (χ2n) is 7.12. The molecule has 1 aliphatic carbocycles. The summed E-state index contributed by atoms with van der Waals surface area (Å²) >= 11 is 0. The minimum Gasteiger partial charge on any atom is -0.338 e. The Hall–Kier alpha value is -2.29. The molecule has 0 atom stereocenters. The molecule has 4 rings (SSSR count). The topological polar surface area (TPSA) is 43.8 Å². The summed E-state index contributed by atoms with van der Waals surface area (Å²) in [6.45, 7) is 0. The Morgan fingerprint density at radius 2 is 1.75 bits per heavy atom. The fourth-order valence-electron chi connectivity index (χ4n) is 3.99. The highest BCUT2D eigenvalue weighted by molar-refractivity contribution is 5.82. The molecule has 0 spiro atoms. The summed E-state index contributed by atoms with van der Waals surface area (Å²) in [4.78, 5) is 4.37. The van der Waals surface area contributed by atoms with Crippen molar-refractivity contribution in [3.8, 4) is 11.1 Å². The maximum absolute atomic E-state index is 5.86. The molecular formula is C21H25N3. The molecule has 3 aromatic rings. The van der Waals surface area contributed by atoms with Crippen LogP contribution in [0.3, 0.4) is 0 Å². The third kappa shape index (κ3) is 3.16. The van der Waals surface area contributed by atoms with E-state index in [1.165, 1.54) is 61.6 Å². The van der Waals surface area contributed by atoms with Gasteiger partial charge in [-0.3, -0.25) is 0 Å². The monoisotopic (exact) mass is 319 g/mol. The molecule has 2 aromatic carbocycles. The number of aromatic nitrogens is 2. The number of nitrogen functional groups attached to an aromatic ring is 1. The van der Waals surface area contributed by atoms with Crippen molar-refractivity contribution in [3.63, 3.8) is 0 Å². The van der Waals surface area contributed by atoms with E-state index >= 15 is 0 Å². The average molecular weight is 319 g/mol. The molecule has 1 saturated carbocycles. The van der Waals surface area contributed by atoms with Crippen LogP contribution in [0, 0.1) is 5.92 Å². The SMILES string of the molecule is Nn1cnc2cc(-c3cccc(CC4CCCCCC4)c3)ccc21. The number of imidazole rings is 1. The lowest BCUT2D eigenvalue weighted by Crippen LogP contribution is -2.04. The van der Waals surface area contributed by atoms with E-state index in [0.717, 1.165) is 17.0 Å². The Balaban J connectivity index is 1.58. The molecule has 0 unspecified atom stereocenters. The van der Waals surface area contributed by atoms with Gasteiger partial charge in [-0.25, -0.2) is 9.66 Å². The van der Waals surface area contributed by atoms with Gasteiger partial charge in [0.2, 0.25) is 0 Å². The number of hydrogen-bond donors (Lipinski definition) is 1. The van der Waals surface area contributed by atoms with Gasteiger partial charge in [0, 0.05) is 0 Å². The second kappa shape index (κ2) is 6.68. The number of nitrogens with two attached hydrogens (primary N) is 1. The molecule has 0 aliphatic heterocycles. The predicted molar refractivity (Wildman–Crippen MR) is 100 cm³/mol. The quantitative estimate of drug-likeness (QED) is 0.549. The van der Waals surface area contributed by atoms with E-state index in [0.29, 0.717) is 0 Å². The van der Waals surface area contributed by atoms with Crippen LogP contribution in [0.4, 0.5) is 0 Å². The molecule has 0 amide bonds. The standard InChI is InChI=1S/C21H25N3/c22-24-15-23-20-14-19(10-11-21(20)24)18-9-5-8-17(13-18)12-16-6-3-1-2-4-7-16/h5,8-11,13-16H,1-4,6-7,12,22H2. The average Bonchev–Trinajstić information content (AvgIpc) is 2.81. The van der Waals surface area contributed by atoms with E-state index in [4.69, 9.17) is 5.84 Å². The van der Waals surface area contributed by atoms with Crippen molar-refractivity contribution < 1.29 is 0 Å². The third-order valence-corrected chi connectivity index (χ3v) is 5.33. The Morgan fingerprint density at radius 3 is 2.58 bits per heavy atom. The molecule has 24 heavy (non-hydrogen) atoms. The predicted octanol–water partition coefficient (Wildman–Crippen LogP) is 4.93. The van der Waals surface area contributed by atoms with Gasteiger partial charge in [-0.1, -0.05) is 68.9 Å². The molecule has 0 saturated heterocycles. The minimum atomic E-state index is 0.859. The van der Waals surface area contributed by atoms with Crippen LogP contribution in [-0.2, 0) is 6.42 Å². The highest BCUT2D eigenvalue weighted by Gasteiger charge is 2.13. The summed E-state index contributed by atoms with van der Waals surface area (Å²) < 4.78 is 1.57. The van der Waals surface area contributed by atoms with Gasteiger partial charge in [0.1, 0.15) is 6.33 Å². The zero-order valence-corrected chi connectivity index (χ0v) is 14.1. The van der Waals surface area contributed by atoms with Crippen molar-refractivity contribution in [2.75, 3.05) is 5.84 Å². The number of nitrogens with zero attached hydrogens (tertiary/aromatic N) is 2. The zero-order valence-electron chi connectivity index (χ0n) is 14.1. The fraction of sp³-hybridized carbons (Fsp3) is 0.381. The van der Waals surface area contributed by atoms with Gasteiger partial charge in [-0.05, 0) is 41.2 Å². The van der Waals surface area contributed by atoms with Crippen LogP contribution >= 0.6 is 0 Å². The van der Waals surface area contributed by atoms with Crippen LogP contribution in [0.2, 0.25) is 0 Å². The van der Waals surface area contributed by atoms with Crippen LogP contribution < -0.4 is 5.84 Å². The Morgan fingerprint density at radius 1 is 0.958 bits per heavy atom. The summed E-state index contributed by atoms with van der Waals surface area (Å²) in [6, 6.07) is 15.3. The first-order valence-electron chi connectivity index (χ1n) is 9.11. The number of benzene rings is 2. The first-order chi connectivity index (χ1) is 11.8. The van der Waals surface area contributed by atoms with Gasteiger partial charge in [-0.15, -0.1) is 0 Å². The Labute approximate surface area is 143 Å². The van der Waals surface area contributed by atoms with E-state index in [2.05, 4.69) is 47.4 Å². The molecule has 0 bridgehead atoms. The smallest absolute Gasteiger partial charge is 0.115 e. The van der Waals surface area contributed by atoms with Crippen molar-refractivity contribution in [1.29, 1.82) is 0 Å². The lowest BCUT2D eigenvalue weighted by molar-refractivity contribution is 0.458. The molecule has 3 nitrogen and oxygen atoms in total. The molecular weight excluding hydrogens is 294 g/mol. The van der Waals surface area contributed by atoms with E-state index in [9.17, 15) is 0 Å². The molecule has 124 valence electrons. The van der Waals surface area contributed by atoms with Gasteiger partial charge in [-0.2, -0.15) is 0 Å². The zero-order chi connectivity index (χ0) is 16.4. The molecule has 1 aromatic heterocycles. The summed E-state index contributed by atoms with van der Waals surface area (Å²) in [5.41, 5.74) is 5.86. The molecule has 1 aliphatic rings. The summed E-state index contributed by atoms with van der Waals surface area (Å²) in [5, 5.41) is 0. The van der Waals surface area contributed by atoms with Crippen molar-refractivity contribution in [3.05, 3.63) is 54.4 Å². The van der Waals surface area contributed by atoms with Gasteiger partial charge < -0.3 is 5.84 Å². The Bertz CT molecular complexity index is 826. The van der Waals surface area contributed by atoms with Gasteiger partial charge in [0.15, 0.2) is 0 Å². The molecule has 0 radical (unpaired) electrons. The molecule has 1 heterocycles. The van der Waals surface area contributed by atoms with Crippen LogP contribution in [0.15, 0.2) is 48.8 Å². The van der Waals surface area contributed by atoms with E-state index in [1.54, 1.807) is 11.0 Å². The van der Waals surface area contributed by atoms with Crippen molar-refractivity contribution in [2.24, 2.45) is 5.92 Å². The summed E-state index contributed by atoms with van der Waals surface area (Å²) in [6.07, 6.45) is 11.3. The number of hydrogen-bond acceptors (Lipinski definition) is 2. The molecule has 2 N–H and O–H groups in total. The first-order valence-corrected chi connectivity index (χ1v) is 9.11. The largest absolute Gasteiger partial charge is 0.338 e. The van der Waals surface area contributed by atoms with Gasteiger partial charge in [0.05, 0.1) is 11.0 Å². The van der Waals surface area contributed by atoms with Gasteiger partial charge >= 0.3 is 0 Å². The van der Waals surface area contributed by atoms with Crippen LogP contribution in [0.25, 0.3) is 22.2 Å². The summed E-state index contributed by atoms with van der Waals surface area (Å²) in [7, 11) is 0. The van der Waals surface area contributed by atoms with E-state index in [-0.39, 0.29) is 0 Å². The highest BCUT2D eigenvalue weighted by atomic mass is 15.3. The van der Waals surface area contributed by atoms with Crippen molar-refractivity contribution in [2.45, 2.75) is 44.9 Å². The normalized spacial score (nSPS) is 16.3. The maximum Gasteiger partial charge on any atom is 0.115 e. The lowest BCUT2D eigenvalue weighted by atomic mass is 9.91. The minimum absolute atomic E-state index is 0.859. The fourth-order valence-corrected chi connectivity index (χ4v) is 3.99. The van der Waals surface area contributed by atoms with E-state index < -0.39 is 0 Å². The molecule has 3 heteroatoms. The second-order valence-corrected chi connectivity index (χ2v) is 7.12. The number of rotatable bonds is 3. The third-order valence-electron chi connectivity index (χ3n) is 5.33. The summed E-state index contributed by atoms with van der Waals surface area (Å²) in [5.74, 6) is 6.72. The molecule has 1 fully saturated rings. The van der Waals surface area contributed by atoms with Crippen LogP contribution in [0.1, 0.15) is 44.1 Å².